The van der Waals surface area contributed by atoms with Crippen LogP contribution in [-0.2, 0) is 19.6 Å². The molecule has 1 aliphatic carbocycles. The lowest BCUT2D eigenvalue weighted by molar-refractivity contribution is -0.141. The Labute approximate surface area is 107 Å². The predicted molar refractivity (Wildman–Crippen MR) is 64.7 cm³/mol. The van der Waals surface area contributed by atoms with Gasteiger partial charge < -0.3 is 9.84 Å². The summed E-state index contributed by atoms with van der Waals surface area (Å²) in [6, 6.07) is 0. The lowest BCUT2D eigenvalue weighted by Gasteiger charge is -2.33. The molecule has 0 aromatic rings. The predicted octanol–water partition coefficient (Wildman–Crippen LogP) is 0.434. The molecule has 1 heterocycles. The second-order valence-electron chi connectivity index (χ2n) is 4.90. The minimum atomic E-state index is -3.27. The summed E-state index contributed by atoms with van der Waals surface area (Å²) in [7, 11) is -3.27. The van der Waals surface area contributed by atoms with Gasteiger partial charge in [0.1, 0.15) is 0 Å². The lowest BCUT2D eigenvalue weighted by Crippen LogP contribution is -2.48. The van der Waals surface area contributed by atoms with Crippen LogP contribution >= 0.6 is 0 Å². The highest BCUT2D eigenvalue weighted by molar-refractivity contribution is 7.89. The van der Waals surface area contributed by atoms with Gasteiger partial charge in [-0.05, 0) is 12.8 Å². The van der Waals surface area contributed by atoms with Crippen LogP contribution in [0.15, 0.2) is 0 Å². The molecule has 104 valence electrons. The first-order valence-electron chi connectivity index (χ1n) is 6.32. The van der Waals surface area contributed by atoms with Crippen molar-refractivity contribution in [3.05, 3.63) is 0 Å². The van der Waals surface area contributed by atoms with Crippen molar-refractivity contribution in [3.63, 3.8) is 0 Å². The molecule has 0 aromatic heterocycles. The van der Waals surface area contributed by atoms with Gasteiger partial charge in [-0.3, -0.25) is 4.79 Å². The number of morpholine rings is 1. The van der Waals surface area contributed by atoms with Gasteiger partial charge in [0.25, 0.3) is 0 Å². The van der Waals surface area contributed by atoms with Gasteiger partial charge in [-0.25, -0.2) is 8.42 Å². The summed E-state index contributed by atoms with van der Waals surface area (Å²) in [6.45, 7) is 0.796. The number of hydrogen-bond acceptors (Lipinski definition) is 4. The Balaban J connectivity index is 2.01. The van der Waals surface area contributed by atoms with Crippen LogP contribution in [0.1, 0.15) is 32.1 Å². The number of rotatable bonds is 4. The average molecular weight is 277 g/mol. The van der Waals surface area contributed by atoms with Gasteiger partial charge in [-0.1, -0.05) is 12.8 Å². The van der Waals surface area contributed by atoms with Crippen LogP contribution in [0.25, 0.3) is 0 Å². The molecular weight excluding hydrogens is 258 g/mol. The molecule has 0 amide bonds. The van der Waals surface area contributed by atoms with Crippen LogP contribution in [0.3, 0.4) is 0 Å². The third kappa shape index (κ3) is 3.02. The Morgan fingerprint density at radius 2 is 2.00 bits per heavy atom. The normalized spacial score (nSPS) is 27.4. The second kappa shape index (κ2) is 5.54. The Bertz CT molecular complexity index is 402. The van der Waals surface area contributed by atoms with Crippen molar-refractivity contribution in [3.8, 4) is 0 Å². The van der Waals surface area contributed by atoms with Crippen molar-refractivity contribution >= 4 is 16.0 Å². The van der Waals surface area contributed by atoms with E-state index in [-0.39, 0.29) is 24.8 Å². The molecule has 1 atom stereocenters. The van der Waals surface area contributed by atoms with Crippen LogP contribution in [-0.4, -0.2) is 54.8 Å². The Morgan fingerprint density at radius 1 is 1.33 bits per heavy atom. The number of carbonyl (C=O) groups is 1. The molecule has 1 aliphatic heterocycles. The fraction of sp³-hybridized carbons (Fsp3) is 0.909. The number of nitrogens with zero attached hydrogens (tertiary/aromatic N) is 1. The van der Waals surface area contributed by atoms with Crippen LogP contribution < -0.4 is 0 Å². The molecule has 0 bridgehead atoms. The molecule has 2 fully saturated rings. The van der Waals surface area contributed by atoms with Gasteiger partial charge in [-0.2, -0.15) is 4.31 Å². The van der Waals surface area contributed by atoms with Crippen molar-refractivity contribution in [1.82, 2.24) is 4.31 Å². The van der Waals surface area contributed by atoms with E-state index in [2.05, 4.69) is 0 Å². The van der Waals surface area contributed by atoms with E-state index in [0.717, 1.165) is 25.7 Å². The fourth-order valence-corrected chi connectivity index (χ4v) is 4.69. The van der Waals surface area contributed by atoms with E-state index in [1.807, 2.05) is 0 Å². The van der Waals surface area contributed by atoms with Crippen LogP contribution in [0.5, 0.6) is 0 Å². The van der Waals surface area contributed by atoms with Gasteiger partial charge in [0, 0.05) is 13.1 Å². The molecule has 0 spiro atoms. The zero-order chi connectivity index (χ0) is 13.2. The second-order valence-corrected chi connectivity index (χ2v) is 7.11. The first-order chi connectivity index (χ1) is 8.50. The fourth-order valence-electron chi connectivity index (χ4n) is 2.64. The molecule has 7 heteroatoms. The summed E-state index contributed by atoms with van der Waals surface area (Å²) in [5.74, 6) is -0.958. The molecule has 0 radical (unpaired) electrons. The monoisotopic (exact) mass is 277 g/mol. The van der Waals surface area contributed by atoms with Crippen molar-refractivity contribution in [2.75, 3.05) is 19.7 Å². The number of carboxylic acids is 1. The molecule has 1 saturated heterocycles. The minimum absolute atomic E-state index is 0.142. The van der Waals surface area contributed by atoms with Crippen molar-refractivity contribution in [1.29, 1.82) is 0 Å². The molecule has 0 aromatic carbocycles. The quantitative estimate of drug-likeness (QED) is 0.806. The Morgan fingerprint density at radius 3 is 2.61 bits per heavy atom. The van der Waals surface area contributed by atoms with E-state index in [0.29, 0.717) is 6.54 Å². The summed E-state index contributed by atoms with van der Waals surface area (Å²) in [4.78, 5) is 10.6. The van der Waals surface area contributed by atoms with E-state index in [9.17, 15) is 13.2 Å². The van der Waals surface area contributed by atoms with Gasteiger partial charge in [0.05, 0.1) is 24.4 Å². The van der Waals surface area contributed by atoms with Crippen molar-refractivity contribution < 1.29 is 23.1 Å². The van der Waals surface area contributed by atoms with E-state index in [1.54, 1.807) is 0 Å². The zero-order valence-corrected chi connectivity index (χ0v) is 11.1. The highest BCUT2D eigenvalue weighted by Crippen LogP contribution is 2.28. The first kappa shape index (κ1) is 13.8. The smallest absolute Gasteiger partial charge is 0.306 e. The van der Waals surface area contributed by atoms with Gasteiger partial charge in [-0.15, -0.1) is 0 Å². The maximum atomic E-state index is 12.3. The summed E-state index contributed by atoms with van der Waals surface area (Å²) < 4.78 is 31.4. The minimum Gasteiger partial charge on any atom is -0.481 e. The zero-order valence-electron chi connectivity index (χ0n) is 10.2. The molecule has 1 unspecified atom stereocenters. The maximum Gasteiger partial charge on any atom is 0.306 e. The summed E-state index contributed by atoms with van der Waals surface area (Å²) in [6.07, 6.45) is 2.72. The van der Waals surface area contributed by atoms with Crippen LogP contribution in [0, 0.1) is 0 Å². The molecule has 18 heavy (non-hydrogen) atoms. The van der Waals surface area contributed by atoms with Crippen molar-refractivity contribution in [2.24, 2.45) is 0 Å². The number of aliphatic carboxylic acids is 1. The number of carboxylic acid groups (broad SMARTS) is 1. The number of hydrogen-bond donors (Lipinski definition) is 1. The van der Waals surface area contributed by atoms with Crippen LogP contribution in [0.2, 0.25) is 0 Å². The largest absolute Gasteiger partial charge is 0.481 e. The maximum absolute atomic E-state index is 12.3. The number of sulfonamides is 1. The van der Waals surface area contributed by atoms with Crippen LogP contribution in [0.4, 0.5) is 0 Å². The van der Waals surface area contributed by atoms with E-state index < -0.39 is 22.1 Å². The molecule has 1 saturated carbocycles. The average Bonchev–Trinajstić information content (AvgIpc) is 2.82. The molecule has 2 aliphatic rings. The highest BCUT2D eigenvalue weighted by Gasteiger charge is 2.37. The topological polar surface area (TPSA) is 83.9 Å². The van der Waals surface area contributed by atoms with E-state index in [1.165, 1.54) is 4.31 Å². The first-order valence-corrected chi connectivity index (χ1v) is 7.83. The third-order valence-corrected chi connectivity index (χ3v) is 5.95. The lowest BCUT2D eigenvalue weighted by atomic mass is 10.2. The van der Waals surface area contributed by atoms with Crippen molar-refractivity contribution in [2.45, 2.75) is 43.5 Å². The summed E-state index contributed by atoms with van der Waals surface area (Å²) in [5, 5.41) is 8.44. The number of ether oxygens (including phenoxy) is 1. The Hall–Kier alpha value is -0.660. The molecular formula is C11H19NO5S. The van der Waals surface area contributed by atoms with Gasteiger partial charge >= 0.3 is 5.97 Å². The molecule has 1 N–H and O–H groups in total. The molecule has 6 nitrogen and oxygen atoms in total. The summed E-state index contributed by atoms with van der Waals surface area (Å²) >= 11 is 0. The van der Waals surface area contributed by atoms with Gasteiger partial charge in [0.15, 0.2) is 0 Å². The van der Waals surface area contributed by atoms with E-state index in [4.69, 9.17) is 9.84 Å². The Kier molecular flexibility index (Phi) is 4.24. The SMILES string of the molecule is O=C(O)CC1CN(S(=O)(=O)C2CCCC2)CCO1. The van der Waals surface area contributed by atoms with Gasteiger partial charge in [0.2, 0.25) is 10.0 Å². The molecule has 2 rings (SSSR count). The highest BCUT2D eigenvalue weighted by atomic mass is 32.2. The standard InChI is InChI=1S/C11H19NO5S/c13-11(14)7-9-8-12(5-6-17-9)18(15,16)10-3-1-2-4-10/h9-10H,1-8H2,(H,13,14). The van der Waals surface area contributed by atoms with E-state index >= 15 is 0 Å². The summed E-state index contributed by atoms with van der Waals surface area (Å²) in [5.41, 5.74) is 0. The third-order valence-electron chi connectivity index (χ3n) is 3.59.